The van der Waals surface area contributed by atoms with E-state index in [1.165, 1.54) is 4.31 Å². The molecule has 1 saturated heterocycles. The predicted octanol–water partition coefficient (Wildman–Crippen LogP) is 0.925. The van der Waals surface area contributed by atoms with E-state index in [1.54, 1.807) is 42.5 Å². The fourth-order valence-electron chi connectivity index (χ4n) is 4.02. The molecular formula is C23H28N8O4S. The van der Waals surface area contributed by atoms with Crippen LogP contribution in [-0.4, -0.2) is 80.7 Å². The van der Waals surface area contributed by atoms with Crippen LogP contribution in [0.15, 0.2) is 55.2 Å². The Morgan fingerprint density at radius 3 is 2.31 bits per heavy atom. The van der Waals surface area contributed by atoms with Crippen LogP contribution < -0.4 is 10.4 Å². The lowest BCUT2D eigenvalue weighted by molar-refractivity contribution is -0.132. The number of anilines is 1. The zero-order valence-electron chi connectivity index (χ0n) is 19.6. The molecule has 1 unspecified atom stereocenters. The first-order valence-electron chi connectivity index (χ1n) is 11.6. The third-order valence-electron chi connectivity index (χ3n) is 5.98. The van der Waals surface area contributed by atoms with Gasteiger partial charge in [-0.15, -0.1) is 0 Å². The summed E-state index contributed by atoms with van der Waals surface area (Å²) in [6.07, 6.45) is 9.66. The summed E-state index contributed by atoms with van der Waals surface area (Å²) in [5.74, 6) is -0.844. The fourth-order valence-corrected chi connectivity index (χ4v) is 5.78. The van der Waals surface area contributed by atoms with E-state index in [9.17, 15) is 13.2 Å². The Labute approximate surface area is 209 Å². The number of nitrogens with one attached hydrogen (secondary N) is 1. The number of pyridine rings is 1. The summed E-state index contributed by atoms with van der Waals surface area (Å²) in [5.41, 5.74) is 3.18. The van der Waals surface area contributed by atoms with E-state index >= 15 is 0 Å². The van der Waals surface area contributed by atoms with Crippen molar-refractivity contribution in [3.8, 4) is 11.3 Å². The molecule has 0 radical (unpaired) electrons. The highest BCUT2D eigenvalue weighted by atomic mass is 32.2. The molecule has 190 valence electrons. The molecule has 1 atom stereocenters. The van der Waals surface area contributed by atoms with Crippen LogP contribution >= 0.6 is 0 Å². The minimum absolute atomic E-state index is 0.249. The van der Waals surface area contributed by atoms with Gasteiger partial charge in [0, 0.05) is 69.1 Å². The van der Waals surface area contributed by atoms with Crippen molar-refractivity contribution < 1.29 is 18.4 Å². The molecule has 13 heteroatoms. The van der Waals surface area contributed by atoms with Crippen molar-refractivity contribution in [3.63, 3.8) is 0 Å². The van der Waals surface area contributed by atoms with Gasteiger partial charge in [0.25, 0.3) is 0 Å². The number of aromatic nitrogens is 5. The van der Waals surface area contributed by atoms with Crippen molar-refractivity contribution in [1.82, 2.24) is 34.7 Å². The van der Waals surface area contributed by atoms with Gasteiger partial charge in [-0.25, -0.2) is 33.8 Å². The number of carbonyl (C=O) groups is 1. The number of hydrogen-bond acceptors (Lipinski definition) is 10. The van der Waals surface area contributed by atoms with Gasteiger partial charge in [0.05, 0.1) is 17.4 Å². The van der Waals surface area contributed by atoms with Crippen LogP contribution in [0.5, 0.6) is 0 Å². The number of piperazine rings is 1. The number of nitrogens with zero attached hydrogens (tertiary/aromatic N) is 7. The molecule has 0 saturated carbocycles. The van der Waals surface area contributed by atoms with Crippen LogP contribution in [0.1, 0.15) is 18.7 Å². The van der Waals surface area contributed by atoms with Crippen LogP contribution in [0.2, 0.25) is 0 Å². The largest absolute Gasteiger partial charge is 0.338 e. The minimum atomic E-state index is -3.73. The molecular weight excluding hydrogens is 484 g/mol. The average molecular weight is 513 g/mol. The van der Waals surface area contributed by atoms with Crippen LogP contribution in [-0.2, 0) is 21.2 Å². The number of carbonyl (C=O) groups excluding carboxylic acids is 1. The highest BCUT2D eigenvalue weighted by molar-refractivity contribution is 7.89. The second kappa shape index (κ2) is 11.9. The normalized spacial score (nSPS) is 15.4. The van der Waals surface area contributed by atoms with E-state index in [0.29, 0.717) is 37.7 Å². The van der Waals surface area contributed by atoms with E-state index in [2.05, 4.69) is 24.9 Å². The van der Waals surface area contributed by atoms with E-state index < -0.39 is 21.8 Å². The summed E-state index contributed by atoms with van der Waals surface area (Å²) in [7, 11) is -3.73. The highest BCUT2D eigenvalue weighted by Crippen LogP contribution is 2.20. The lowest BCUT2D eigenvalue weighted by Gasteiger charge is -2.34. The van der Waals surface area contributed by atoms with Gasteiger partial charge < -0.3 is 4.90 Å². The molecule has 36 heavy (non-hydrogen) atoms. The number of hydroxylamine groups is 1. The smallest absolute Gasteiger partial charge is 0.247 e. The van der Waals surface area contributed by atoms with Gasteiger partial charge in [-0.2, -0.15) is 4.31 Å². The summed E-state index contributed by atoms with van der Waals surface area (Å²) < 4.78 is 27.5. The van der Waals surface area contributed by atoms with E-state index in [-0.39, 0.29) is 25.3 Å². The summed E-state index contributed by atoms with van der Waals surface area (Å²) in [6.45, 7) is 1.34. The Balaban J connectivity index is 1.32. The molecule has 4 rings (SSSR count). The van der Waals surface area contributed by atoms with Gasteiger partial charge in [-0.05, 0) is 31.0 Å². The highest BCUT2D eigenvalue weighted by Gasteiger charge is 2.32. The maximum atomic E-state index is 13.1. The zero-order chi connectivity index (χ0) is 25.4. The molecule has 12 nitrogen and oxygen atoms in total. The van der Waals surface area contributed by atoms with Crippen LogP contribution in [0.3, 0.4) is 0 Å². The fraction of sp³-hybridized carbons (Fsp3) is 0.391. The maximum Gasteiger partial charge on any atom is 0.247 e. The standard InChI is InChI=1S/C23H28N8O4S/c32-22(29-33)18(5-3-7-21-25-9-4-10-26-21)17-36(34,35)31-13-11-30(12-14-31)23-27-15-19(16-28-23)20-6-1-2-8-24-20/h1-2,4,6,8-10,15-16,18,33H,3,5,7,11-14,17H2,(H,29,32). The third-order valence-corrected chi connectivity index (χ3v) is 7.95. The molecule has 0 bridgehead atoms. The Morgan fingerprint density at radius 1 is 0.972 bits per heavy atom. The van der Waals surface area contributed by atoms with Gasteiger partial charge in [-0.1, -0.05) is 6.07 Å². The molecule has 3 aromatic rings. The topological polar surface area (TPSA) is 154 Å². The van der Waals surface area contributed by atoms with Crippen molar-refractivity contribution in [2.75, 3.05) is 36.8 Å². The molecule has 1 aliphatic heterocycles. The van der Waals surface area contributed by atoms with Crippen molar-refractivity contribution in [2.24, 2.45) is 5.92 Å². The molecule has 0 aliphatic carbocycles. The van der Waals surface area contributed by atoms with Crippen molar-refractivity contribution in [2.45, 2.75) is 19.3 Å². The van der Waals surface area contributed by atoms with E-state index in [4.69, 9.17) is 5.21 Å². The molecule has 0 spiro atoms. The average Bonchev–Trinajstić information content (AvgIpc) is 2.93. The Hall–Kier alpha value is -3.55. The minimum Gasteiger partial charge on any atom is -0.338 e. The van der Waals surface area contributed by atoms with Crippen LogP contribution in [0, 0.1) is 5.92 Å². The zero-order valence-corrected chi connectivity index (χ0v) is 20.5. The lowest BCUT2D eigenvalue weighted by Crippen LogP contribution is -2.51. The number of rotatable bonds is 10. The van der Waals surface area contributed by atoms with E-state index in [1.807, 2.05) is 23.1 Å². The number of sulfonamides is 1. The Morgan fingerprint density at radius 2 is 1.67 bits per heavy atom. The van der Waals surface area contributed by atoms with E-state index in [0.717, 1.165) is 11.3 Å². The SMILES string of the molecule is O=C(NO)C(CCCc1ncccn1)CS(=O)(=O)N1CCN(c2ncc(-c3ccccn3)cn2)CC1. The van der Waals surface area contributed by atoms with Gasteiger partial charge in [-0.3, -0.25) is 15.0 Å². The summed E-state index contributed by atoms with van der Waals surface area (Å²) in [6, 6.07) is 7.32. The summed E-state index contributed by atoms with van der Waals surface area (Å²) >= 11 is 0. The van der Waals surface area contributed by atoms with Crippen molar-refractivity contribution in [1.29, 1.82) is 0 Å². The van der Waals surface area contributed by atoms with Gasteiger partial charge >= 0.3 is 0 Å². The lowest BCUT2D eigenvalue weighted by atomic mass is 10.0. The Bertz CT molecular complexity index is 1220. The first-order valence-corrected chi connectivity index (χ1v) is 13.2. The molecule has 0 aromatic carbocycles. The predicted molar refractivity (Wildman–Crippen MR) is 131 cm³/mol. The van der Waals surface area contributed by atoms with Gasteiger partial charge in [0.2, 0.25) is 21.9 Å². The third kappa shape index (κ3) is 6.56. The number of amides is 1. The number of hydrogen-bond donors (Lipinski definition) is 2. The van der Waals surface area contributed by atoms with Crippen molar-refractivity contribution in [3.05, 3.63) is 61.1 Å². The molecule has 1 fully saturated rings. The first-order chi connectivity index (χ1) is 17.5. The molecule has 3 aromatic heterocycles. The van der Waals surface area contributed by atoms with Gasteiger partial charge in [0.1, 0.15) is 5.82 Å². The van der Waals surface area contributed by atoms with Crippen LogP contribution in [0.4, 0.5) is 5.95 Å². The maximum absolute atomic E-state index is 13.1. The monoisotopic (exact) mass is 512 g/mol. The van der Waals surface area contributed by atoms with Gasteiger partial charge in [0.15, 0.2) is 0 Å². The molecule has 1 amide bonds. The molecule has 4 heterocycles. The molecule has 1 aliphatic rings. The van der Waals surface area contributed by atoms with Crippen molar-refractivity contribution >= 4 is 21.9 Å². The number of aryl methyl sites for hydroxylation is 1. The van der Waals surface area contributed by atoms with Crippen LogP contribution in [0.25, 0.3) is 11.3 Å². The molecule has 2 N–H and O–H groups in total. The second-order valence-corrected chi connectivity index (χ2v) is 10.4. The second-order valence-electron chi connectivity index (χ2n) is 8.38. The Kier molecular flexibility index (Phi) is 8.46. The summed E-state index contributed by atoms with van der Waals surface area (Å²) in [5, 5.41) is 9.12. The summed E-state index contributed by atoms with van der Waals surface area (Å²) in [4.78, 5) is 35.5. The quantitative estimate of drug-likeness (QED) is 0.296. The first kappa shape index (κ1) is 25.5.